The van der Waals surface area contributed by atoms with Crippen molar-refractivity contribution in [2.45, 2.75) is 44.4 Å². The number of benzene rings is 1. The van der Waals surface area contributed by atoms with Crippen molar-refractivity contribution in [2.75, 3.05) is 11.9 Å². The summed E-state index contributed by atoms with van der Waals surface area (Å²) in [6.45, 7) is 3.21. The number of pyridine rings is 2. The Morgan fingerprint density at radius 1 is 1.11 bits per heavy atom. The molecular formula is C27H25F3N6O. The first-order chi connectivity index (χ1) is 17.7. The molecule has 0 amide bonds. The molecule has 1 aliphatic carbocycles. The van der Waals surface area contributed by atoms with Crippen LogP contribution in [0.15, 0.2) is 58.4 Å². The largest absolute Gasteiger partial charge is 0.416 e. The van der Waals surface area contributed by atoms with Crippen LogP contribution in [0.2, 0.25) is 0 Å². The van der Waals surface area contributed by atoms with E-state index in [1.165, 1.54) is 16.7 Å². The number of fused-ring (bicyclic) bond motifs is 3. The molecule has 1 N–H and O–H groups in total. The highest BCUT2D eigenvalue weighted by Crippen LogP contribution is 2.40. The maximum Gasteiger partial charge on any atom is 0.416 e. The summed E-state index contributed by atoms with van der Waals surface area (Å²) in [5, 5.41) is 3.44. The summed E-state index contributed by atoms with van der Waals surface area (Å²) in [6.07, 6.45) is -0.623. The molecule has 37 heavy (non-hydrogen) atoms. The molecule has 2 aromatic rings. The van der Waals surface area contributed by atoms with E-state index in [-0.39, 0.29) is 11.5 Å². The van der Waals surface area contributed by atoms with Crippen LogP contribution in [-0.4, -0.2) is 25.6 Å². The van der Waals surface area contributed by atoms with Crippen molar-refractivity contribution in [3.8, 4) is 22.5 Å². The summed E-state index contributed by atoms with van der Waals surface area (Å²) in [6, 6.07) is 9.99. The van der Waals surface area contributed by atoms with Gasteiger partial charge in [-0.15, -0.1) is 0 Å². The van der Waals surface area contributed by atoms with Gasteiger partial charge in [0.05, 0.1) is 17.2 Å². The van der Waals surface area contributed by atoms with E-state index in [4.69, 9.17) is 15.0 Å². The number of alkyl halides is 3. The van der Waals surface area contributed by atoms with Crippen LogP contribution in [-0.2, 0) is 19.8 Å². The highest BCUT2D eigenvalue weighted by atomic mass is 19.4. The third-order valence-corrected chi connectivity index (χ3v) is 6.97. The molecule has 10 heteroatoms. The van der Waals surface area contributed by atoms with Crippen LogP contribution >= 0.6 is 0 Å². The number of aromatic nitrogens is 4. The smallest absolute Gasteiger partial charge is 0.369 e. The van der Waals surface area contributed by atoms with Gasteiger partial charge in [-0.25, -0.2) is 9.97 Å². The van der Waals surface area contributed by atoms with Crippen molar-refractivity contribution >= 4 is 5.82 Å². The van der Waals surface area contributed by atoms with E-state index >= 15 is 0 Å². The molecule has 0 radical (unpaired) electrons. The zero-order valence-electron chi connectivity index (χ0n) is 20.4. The first-order valence-electron chi connectivity index (χ1n) is 12.3. The van der Waals surface area contributed by atoms with E-state index in [1.54, 1.807) is 32.3 Å². The fourth-order valence-electron chi connectivity index (χ4n) is 4.78. The molecular weight excluding hydrogens is 481 g/mol. The Morgan fingerprint density at radius 3 is 2.65 bits per heavy atom. The maximum atomic E-state index is 13.3. The van der Waals surface area contributed by atoms with E-state index in [2.05, 4.69) is 9.88 Å². The number of aryl methyl sites for hydroxylation is 1. The molecule has 190 valence electrons. The summed E-state index contributed by atoms with van der Waals surface area (Å²) in [5.74, 6) is 2.65. The molecule has 1 fully saturated rings. The van der Waals surface area contributed by atoms with Gasteiger partial charge in [0, 0.05) is 49.4 Å². The number of rotatable bonds is 4. The molecule has 0 spiro atoms. The normalized spacial score (nSPS) is 16.6. The van der Waals surface area contributed by atoms with Gasteiger partial charge in [0.15, 0.2) is 5.49 Å². The highest BCUT2D eigenvalue weighted by molar-refractivity contribution is 5.82. The van der Waals surface area contributed by atoms with Gasteiger partial charge < -0.3 is 14.5 Å². The van der Waals surface area contributed by atoms with Crippen molar-refractivity contribution in [3.63, 3.8) is 0 Å². The number of hydrogen-bond acceptors (Lipinski definition) is 5. The van der Waals surface area contributed by atoms with Crippen LogP contribution in [0, 0.1) is 0 Å². The maximum absolute atomic E-state index is 13.3. The van der Waals surface area contributed by atoms with Crippen molar-refractivity contribution in [3.05, 3.63) is 81.5 Å². The summed E-state index contributed by atoms with van der Waals surface area (Å²) in [5.41, 5.74) is 2.57. The topological polar surface area (TPSA) is 77.1 Å². The van der Waals surface area contributed by atoms with Crippen molar-refractivity contribution in [2.24, 2.45) is 12.0 Å². The van der Waals surface area contributed by atoms with Gasteiger partial charge in [-0.05, 0) is 49.6 Å². The lowest BCUT2D eigenvalue weighted by atomic mass is 10.0. The molecule has 4 heterocycles. The first kappa shape index (κ1) is 23.4. The number of hydrogen-bond donors (Lipinski definition) is 1. The fraction of sp³-hybridized carbons (Fsp3) is 0.333. The van der Waals surface area contributed by atoms with E-state index in [1.807, 2.05) is 6.07 Å². The van der Waals surface area contributed by atoms with E-state index < -0.39 is 17.8 Å². The van der Waals surface area contributed by atoms with Crippen LogP contribution in [0.1, 0.15) is 48.7 Å². The predicted molar refractivity (Wildman–Crippen MR) is 133 cm³/mol. The van der Waals surface area contributed by atoms with E-state index in [0.29, 0.717) is 17.6 Å². The predicted octanol–water partition coefficient (Wildman–Crippen LogP) is 4.73. The molecule has 1 atom stereocenters. The lowest BCUT2D eigenvalue weighted by Crippen LogP contribution is -2.22. The van der Waals surface area contributed by atoms with Crippen LogP contribution in [0.5, 0.6) is 0 Å². The SMILES string of the molecule is C[C@@H](N=c1nc(C2CC2)nc2n3c(c(-c4ccc(=O)n(C)c4)cc1-2)NCC3)c1cccc(C(F)(F)F)c1. The van der Waals surface area contributed by atoms with Crippen molar-refractivity contribution < 1.29 is 13.2 Å². The molecule has 7 nitrogen and oxygen atoms in total. The van der Waals surface area contributed by atoms with Crippen LogP contribution < -0.4 is 16.4 Å². The third-order valence-electron chi connectivity index (χ3n) is 6.97. The van der Waals surface area contributed by atoms with Gasteiger partial charge in [0.1, 0.15) is 17.5 Å². The minimum Gasteiger partial charge on any atom is -0.369 e. The quantitative estimate of drug-likeness (QED) is 0.434. The second-order valence-electron chi connectivity index (χ2n) is 9.70. The van der Waals surface area contributed by atoms with Crippen LogP contribution in [0.25, 0.3) is 22.5 Å². The molecule has 0 saturated heterocycles. The highest BCUT2D eigenvalue weighted by Gasteiger charge is 2.32. The number of anilines is 1. The minimum absolute atomic E-state index is 0.107. The Hall–Kier alpha value is -3.95. The monoisotopic (exact) mass is 506 g/mol. The van der Waals surface area contributed by atoms with E-state index in [0.717, 1.165) is 65.7 Å². The zero-order chi connectivity index (χ0) is 25.9. The summed E-state index contributed by atoms with van der Waals surface area (Å²) in [7, 11) is 1.70. The van der Waals surface area contributed by atoms with Gasteiger partial charge in [-0.2, -0.15) is 13.2 Å². The standard InChI is InChI=1S/C27H25F3N6O/c1-15(17-4-3-5-19(12-17)27(28,29)30)32-24-21-13-20(18-8-9-22(37)35(2)14-18)25-31-10-11-36(25)26(21)34-23(33-24)16-6-7-16/h3-5,8-9,12-16,31H,6-7,10-11H2,1-2H3/t15-/m1/s1. The Balaban J connectivity index is 1.57. The molecule has 0 unspecified atom stereocenters. The molecule has 3 aliphatic heterocycles. The molecule has 1 aromatic heterocycles. The van der Waals surface area contributed by atoms with Crippen LogP contribution in [0.4, 0.5) is 19.0 Å². The number of nitrogens with zero attached hydrogens (tertiary/aromatic N) is 5. The summed E-state index contributed by atoms with van der Waals surface area (Å²) < 4.78 is 43.6. The average Bonchev–Trinajstić information content (AvgIpc) is 3.60. The lowest BCUT2D eigenvalue weighted by molar-refractivity contribution is -0.137. The van der Waals surface area contributed by atoms with Gasteiger partial charge >= 0.3 is 6.18 Å². The van der Waals surface area contributed by atoms with Crippen molar-refractivity contribution in [1.29, 1.82) is 0 Å². The Labute approximate surface area is 210 Å². The average molecular weight is 507 g/mol. The zero-order valence-corrected chi connectivity index (χ0v) is 20.4. The fourth-order valence-corrected chi connectivity index (χ4v) is 4.78. The minimum atomic E-state index is -4.43. The molecule has 6 rings (SSSR count). The molecule has 4 aliphatic rings. The molecule has 1 saturated carbocycles. The lowest BCUT2D eigenvalue weighted by Gasteiger charge is -2.19. The summed E-state index contributed by atoms with van der Waals surface area (Å²) in [4.78, 5) is 26.5. The van der Waals surface area contributed by atoms with Gasteiger partial charge in [-0.1, -0.05) is 12.1 Å². The third kappa shape index (κ3) is 4.30. The second-order valence-corrected chi connectivity index (χ2v) is 9.70. The van der Waals surface area contributed by atoms with Crippen LogP contribution in [0.3, 0.4) is 0 Å². The van der Waals surface area contributed by atoms with Gasteiger partial charge in [-0.3, -0.25) is 9.79 Å². The van der Waals surface area contributed by atoms with Crippen molar-refractivity contribution in [1.82, 2.24) is 19.1 Å². The summed E-state index contributed by atoms with van der Waals surface area (Å²) >= 11 is 0. The first-order valence-corrected chi connectivity index (χ1v) is 12.3. The second kappa shape index (κ2) is 8.57. The Kier molecular flexibility index (Phi) is 5.43. The van der Waals surface area contributed by atoms with Gasteiger partial charge in [0.25, 0.3) is 0 Å². The van der Waals surface area contributed by atoms with Gasteiger partial charge in [0.2, 0.25) is 5.56 Å². The Bertz CT molecular complexity index is 1620. The molecule has 1 aromatic carbocycles. The van der Waals surface area contributed by atoms with E-state index in [9.17, 15) is 18.0 Å². The number of nitrogens with one attached hydrogen (secondary N) is 1. The number of halogens is 3. The Morgan fingerprint density at radius 2 is 1.92 bits per heavy atom. The molecule has 0 bridgehead atoms.